The first-order valence-corrected chi connectivity index (χ1v) is 8.99. The summed E-state index contributed by atoms with van der Waals surface area (Å²) in [5, 5.41) is 7.59. The first kappa shape index (κ1) is 19.6. The van der Waals surface area contributed by atoms with Crippen molar-refractivity contribution in [3.8, 4) is 5.69 Å². The van der Waals surface area contributed by atoms with Crippen LogP contribution in [0.5, 0.6) is 0 Å². The Morgan fingerprint density at radius 3 is 2.43 bits per heavy atom. The largest absolute Gasteiger partial charge is 0.434 e. The molecule has 4 aromatic rings. The predicted molar refractivity (Wildman–Crippen MR) is 106 cm³/mol. The van der Waals surface area contributed by atoms with Gasteiger partial charge in [0.25, 0.3) is 5.91 Å². The summed E-state index contributed by atoms with van der Waals surface area (Å²) in [5.41, 5.74) is 0.0220. The molecule has 0 aliphatic heterocycles. The summed E-state index contributed by atoms with van der Waals surface area (Å²) in [4.78, 5) is 20.9. The third-order valence-corrected chi connectivity index (χ3v) is 4.50. The molecule has 3 aromatic heterocycles. The van der Waals surface area contributed by atoms with Crippen molar-refractivity contribution < 1.29 is 18.0 Å². The monoisotopic (exact) mass is 411 g/mol. The van der Waals surface area contributed by atoms with Gasteiger partial charge in [-0.3, -0.25) is 14.8 Å². The average Bonchev–Trinajstić information content (AvgIpc) is 3.12. The van der Waals surface area contributed by atoms with E-state index in [1.807, 2.05) is 0 Å². The number of halogens is 3. The molecule has 1 aromatic carbocycles. The van der Waals surface area contributed by atoms with Crippen LogP contribution in [-0.4, -0.2) is 25.7 Å². The molecule has 0 saturated heterocycles. The van der Waals surface area contributed by atoms with Crippen LogP contribution in [0.25, 0.3) is 16.5 Å². The lowest BCUT2D eigenvalue weighted by atomic mass is 10.1. The number of alkyl halides is 3. The van der Waals surface area contributed by atoms with Crippen LogP contribution in [0.1, 0.15) is 27.4 Å². The fraction of sp³-hybridized carbons (Fsp3) is 0.143. The lowest BCUT2D eigenvalue weighted by Gasteiger charge is -2.14. The van der Waals surface area contributed by atoms with E-state index < -0.39 is 23.3 Å². The van der Waals surface area contributed by atoms with Gasteiger partial charge in [-0.15, -0.1) is 0 Å². The molecule has 0 spiro atoms. The number of hydrogen-bond acceptors (Lipinski definition) is 4. The van der Waals surface area contributed by atoms with E-state index in [0.29, 0.717) is 32.5 Å². The second-order valence-electron chi connectivity index (χ2n) is 6.79. The number of nitrogens with one attached hydrogen (secondary N) is 1. The number of fused-ring (bicyclic) bond motifs is 1. The number of benzene rings is 1. The highest BCUT2D eigenvalue weighted by atomic mass is 19.4. The molecule has 0 fully saturated rings. The lowest BCUT2D eigenvalue weighted by Crippen LogP contribution is -2.21. The van der Waals surface area contributed by atoms with Gasteiger partial charge in [0.2, 0.25) is 0 Å². The highest BCUT2D eigenvalue weighted by molar-refractivity contribution is 6.05. The SMILES string of the molecule is Cc1cc(NC(=O)c2cnn(-c3cncc4ccccc34)c2C(F)(F)F)cc(C)n1. The van der Waals surface area contributed by atoms with Crippen LogP contribution in [0.2, 0.25) is 0 Å². The van der Waals surface area contributed by atoms with E-state index in [1.165, 1.54) is 6.20 Å². The Balaban J connectivity index is 1.82. The first-order chi connectivity index (χ1) is 14.2. The maximum absolute atomic E-state index is 14.0. The van der Waals surface area contributed by atoms with Crippen molar-refractivity contribution in [2.24, 2.45) is 0 Å². The third kappa shape index (κ3) is 3.61. The summed E-state index contributed by atoms with van der Waals surface area (Å²) in [6.07, 6.45) is -1.05. The minimum atomic E-state index is -4.82. The molecule has 1 N–H and O–H groups in total. The number of aryl methyl sites for hydroxylation is 2. The normalized spacial score (nSPS) is 11.6. The lowest BCUT2D eigenvalue weighted by molar-refractivity contribution is -0.143. The number of pyridine rings is 2. The van der Waals surface area contributed by atoms with Crippen molar-refractivity contribution in [3.63, 3.8) is 0 Å². The van der Waals surface area contributed by atoms with E-state index >= 15 is 0 Å². The number of hydrogen-bond donors (Lipinski definition) is 1. The molecule has 3 heterocycles. The number of aromatic nitrogens is 4. The van der Waals surface area contributed by atoms with Crippen LogP contribution in [0, 0.1) is 13.8 Å². The molecule has 0 radical (unpaired) electrons. The zero-order valence-electron chi connectivity index (χ0n) is 16.0. The molecular formula is C21H16F3N5O. The summed E-state index contributed by atoms with van der Waals surface area (Å²) in [5.74, 6) is -0.910. The van der Waals surface area contributed by atoms with Gasteiger partial charge >= 0.3 is 6.18 Å². The van der Waals surface area contributed by atoms with Gasteiger partial charge in [0.05, 0.1) is 23.6 Å². The molecule has 4 rings (SSSR count). The van der Waals surface area contributed by atoms with E-state index in [1.54, 1.807) is 56.4 Å². The maximum atomic E-state index is 14.0. The van der Waals surface area contributed by atoms with Crippen molar-refractivity contribution in [2.45, 2.75) is 20.0 Å². The van der Waals surface area contributed by atoms with E-state index in [0.717, 1.165) is 6.20 Å². The summed E-state index contributed by atoms with van der Waals surface area (Å²) in [6.45, 7) is 3.46. The van der Waals surface area contributed by atoms with E-state index in [4.69, 9.17) is 0 Å². The standard InChI is InChI=1S/C21H16F3N5O/c1-12-7-15(8-13(2)27-12)28-20(30)17-10-26-29(19(17)21(22,23)24)18-11-25-9-14-5-3-4-6-16(14)18/h3-11H,1-2H3,(H,27,28,30). The van der Waals surface area contributed by atoms with Gasteiger partial charge < -0.3 is 5.32 Å². The van der Waals surface area contributed by atoms with Crippen molar-refractivity contribution in [1.82, 2.24) is 19.7 Å². The molecule has 0 atom stereocenters. The van der Waals surface area contributed by atoms with Crippen LogP contribution >= 0.6 is 0 Å². The Morgan fingerprint density at radius 2 is 1.73 bits per heavy atom. The molecule has 0 aliphatic rings. The Morgan fingerprint density at radius 1 is 1.03 bits per heavy atom. The molecule has 0 bridgehead atoms. The zero-order valence-corrected chi connectivity index (χ0v) is 16.0. The zero-order chi connectivity index (χ0) is 21.5. The van der Waals surface area contributed by atoms with Gasteiger partial charge in [-0.25, -0.2) is 4.68 Å². The van der Waals surface area contributed by atoms with E-state index in [-0.39, 0.29) is 5.69 Å². The fourth-order valence-electron chi connectivity index (χ4n) is 3.34. The Bertz CT molecular complexity index is 1240. The second kappa shape index (κ2) is 7.25. The Hall–Kier alpha value is -3.75. The highest BCUT2D eigenvalue weighted by Gasteiger charge is 2.41. The number of nitrogens with zero attached hydrogens (tertiary/aromatic N) is 4. The summed E-state index contributed by atoms with van der Waals surface area (Å²) >= 11 is 0. The molecule has 0 unspecified atom stereocenters. The summed E-state index contributed by atoms with van der Waals surface area (Å²) < 4.78 is 42.7. The summed E-state index contributed by atoms with van der Waals surface area (Å²) in [7, 11) is 0. The van der Waals surface area contributed by atoms with Crippen LogP contribution in [0.4, 0.5) is 18.9 Å². The number of anilines is 1. The van der Waals surface area contributed by atoms with E-state index in [2.05, 4.69) is 20.4 Å². The molecule has 9 heteroatoms. The summed E-state index contributed by atoms with van der Waals surface area (Å²) in [6, 6.07) is 10.1. The number of carbonyl (C=O) groups is 1. The number of carbonyl (C=O) groups excluding carboxylic acids is 1. The average molecular weight is 411 g/mol. The molecule has 6 nitrogen and oxygen atoms in total. The molecule has 152 valence electrons. The van der Waals surface area contributed by atoms with Gasteiger partial charge in [0.1, 0.15) is 0 Å². The topological polar surface area (TPSA) is 72.7 Å². The van der Waals surface area contributed by atoms with Crippen LogP contribution in [0.15, 0.2) is 55.0 Å². The van der Waals surface area contributed by atoms with Crippen LogP contribution in [0.3, 0.4) is 0 Å². The van der Waals surface area contributed by atoms with Crippen molar-refractivity contribution in [3.05, 3.63) is 77.6 Å². The third-order valence-electron chi connectivity index (χ3n) is 4.50. The van der Waals surface area contributed by atoms with Gasteiger partial charge in [-0.05, 0) is 26.0 Å². The maximum Gasteiger partial charge on any atom is 0.434 e. The fourth-order valence-corrected chi connectivity index (χ4v) is 3.34. The minimum absolute atomic E-state index is 0.134. The quantitative estimate of drug-likeness (QED) is 0.530. The second-order valence-corrected chi connectivity index (χ2v) is 6.79. The van der Waals surface area contributed by atoms with Crippen molar-refractivity contribution in [1.29, 1.82) is 0 Å². The Labute approximate surface area is 169 Å². The Kier molecular flexibility index (Phi) is 4.73. The van der Waals surface area contributed by atoms with Gasteiger partial charge in [-0.1, -0.05) is 24.3 Å². The smallest absolute Gasteiger partial charge is 0.322 e. The van der Waals surface area contributed by atoms with Crippen molar-refractivity contribution >= 4 is 22.4 Å². The van der Waals surface area contributed by atoms with Crippen LogP contribution in [-0.2, 0) is 6.18 Å². The highest BCUT2D eigenvalue weighted by Crippen LogP contribution is 2.35. The molecule has 0 saturated carbocycles. The number of rotatable bonds is 3. The predicted octanol–water partition coefficient (Wildman–Crippen LogP) is 4.70. The van der Waals surface area contributed by atoms with Gasteiger partial charge in [0, 0.05) is 34.0 Å². The van der Waals surface area contributed by atoms with Gasteiger partial charge in [0.15, 0.2) is 5.69 Å². The van der Waals surface area contributed by atoms with Crippen molar-refractivity contribution in [2.75, 3.05) is 5.32 Å². The molecule has 30 heavy (non-hydrogen) atoms. The van der Waals surface area contributed by atoms with Crippen LogP contribution < -0.4 is 5.32 Å². The number of amides is 1. The molecular weight excluding hydrogens is 395 g/mol. The van der Waals surface area contributed by atoms with Gasteiger partial charge in [-0.2, -0.15) is 18.3 Å². The van der Waals surface area contributed by atoms with E-state index in [9.17, 15) is 18.0 Å². The molecule has 0 aliphatic carbocycles. The molecule has 1 amide bonds. The first-order valence-electron chi connectivity index (χ1n) is 8.99. The minimum Gasteiger partial charge on any atom is -0.322 e.